The van der Waals surface area contributed by atoms with Gasteiger partial charge in [-0.1, -0.05) is 43.5 Å². The number of ketones is 2. The number of ether oxygens (including phenoxy) is 3. The van der Waals surface area contributed by atoms with E-state index in [1.54, 1.807) is 84.0 Å². The molecule has 1 aliphatic carbocycles. The number of Topliss-reactive ketones (excluding diaryl/α,β-unsaturated/α-hetero) is 2. The molecule has 0 unspecified atom stereocenters. The normalized spacial score (nSPS) is 14.9. The Morgan fingerprint density at radius 3 is 1.97 bits per heavy atom. The topological polar surface area (TPSA) is 247 Å². The van der Waals surface area contributed by atoms with Gasteiger partial charge in [-0.25, -0.2) is 19.2 Å². The predicted molar refractivity (Wildman–Crippen MR) is 255 cm³/mol. The number of nitrogens with one attached hydrogen (secondary N) is 3. The largest absolute Gasteiger partial charge is 0.457 e. The first-order valence-electron chi connectivity index (χ1n) is 23.0. The number of benzene rings is 2. The summed E-state index contributed by atoms with van der Waals surface area (Å²) in [6, 6.07) is 10.8. The quantitative estimate of drug-likeness (QED) is 0.0197. The van der Waals surface area contributed by atoms with Crippen LogP contribution in [0.3, 0.4) is 0 Å². The average molecular weight is 940 g/mol. The molecule has 0 saturated heterocycles. The fourth-order valence-corrected chi connectivity index (χ4v) is 7.50. The van der Waals surface area contributed by atoms with Gasteiger partial charge in [0.15, 0.2) is 0 Å². The molecule has 17 nitrogen and oxygen atoms in total. The summed E-state index contributed by atoms with van der Waals surface area (Å²) in [5.41, 5.74) is 4.97. The van der Waals surface area contributed by atoms with Crippen molar-refractivity contribution in [3.63, 3.8) is 0 Å². The highest BCUT2D eigenvalue weighted by Crippen LogP contribution is 2.45. The first kappa shape index (κ1) is 53.7. The summed E-state index contributed by atoms with van der Waals surface area (Å²) < 4.78 is 16.2. The summed E-state index contributed by atoms with van der Waals surface area (Å²) in [7, 11) is 0. The third kappa shape index (κ3) is 17.7. The number of primary amides is 1. The minimum Gasteiger partial charge on any atom is -0.457 e. The molecule has 0 bridgehead atoms. The van der Waals surface area contributed by atoms with E-state index in [0.29, 0.717) is 73.9 Å². The molecular formula is C51H65N5O12. The number of amides is 6. The Morgan fingerprint density at radius 2 is 1.38 bits per heavy atom. The van der Waals surface area contributed by atoms with E-state index in [0.717, 1.165) is 6.42 Å². The molecule has 366 valence electrons. The van der Waals surface area contributed by atoms with Crippen molar-refractivity contribution in [2.75, 3.05) is 23.7 Å². The molecule has 0 radical (unpaired) electrons. The van der Waals surface area contributed by atoms with E-state index in [4.69, 9.17) is 19.9 Å². The Morgan fingerprint density at radius 1 is 0.765 bits per heavy atom. The molecule has 1 fully saturated rings. The summed E-state index contributed by atoms with van der Waals surface area (Å²) in [6.07, 6.45) is 12.0. The minimum atomic E-state index is -1.14. The summed E-state index contributed by atoms with van der Waals surface area (Å²) >= 11 is 0. The fraction of sp³-hybridized carbons (Fsp3) is 0.471. The molecule has 17 heteroatoms. The number of nitrogens with zero attached hydrogens (tertiary/aromatic N) is 1. The highest BCUT2D eigenvalue weighted by atomic mass is 16.6. The first-order valence-corrected chi connectivity index (χ1v) is 23.0. The van der Waals surface area contributed by atoms with Gasteiger partial charge in [0.05, 0.1) is 11.1 Å². The van der Waals surface area contributed by atoms with Crippen molar-refractivity contribution in [2.45, 2.75) is 130 Å². The fourth-order valence-electron chi connectivity index (χ4n) is 7.50. The summed E-state index contributed by atoms with van der Waals surface area (Å²) in [5, 5.41) is 8.05. The molecule has 0 spiro atoms. The Bertz CT molecular complexity index is 2260. The number of esters is 2. The van der Waals surface area contributed by atoms with Gasteiger partial charge in [0.25, 0.3) is 11.8 Å². The standard InChI is InChI=1S/C51H65N5O12/c1-49(2,3)67-44(61)25-18-34-15-19-36(20-26-45(62)68-50(4,5)6)39(31-34)55-48(65)66-33-35-16-21-38(22-17-35)54-46(63)37(13-11-29-53-47(52)64)32-41(58)51(27-12-28-51)40(57)14-9-7-8-10-30-56-42(59)23-24-43(56)60/h15-26,31,37H,7-14,27-30,32-33H2,1-6H3,(H,54,63)(H,55,65)(H3,52,53,64)/b25-18+,26-20+/t37-/m1/s1. The van der Waals surface area contributed by atoms with Crippen LogP contribution < -0.4 is 21.7 Å². The van der Waals surface area contributed by atoms with Gasteiger partial charge in [0.2, 0.25) is 5.91 Å². The summed E-state index contributed by atoms with van der Waals surface area (Å²) in [5.74, 6) is -3.46. The van der Waals surface area contributed by atoms with Gasteiger partial charge < -0.3 is 30.6 Å². The maximum atomic E-state index is 13.9. The van der Waals surface area contributed by atoms with Crippen molar-refractivity contribution < 1.29 is 57.4 Å². The molecule has 5 N–H and O–H groups in total. The van der Waals surface area contributed by atoms with Gasteiger partial charge in [-0.05, 0) is 127 Å². The highest BCUT2D eigenvalue weighted by molar-refractivity contribution is 6.13. The van der Waals surface area contributed by atoms with Crippen molar-refractivity contribution >= 4 is 76.9 Å². The van der Waals surface area contributed by atoms with Crippen molar-refractivity contribution in [3.05, 3.63) is 83.5 Å². The third-order valence-electron chi connectivity index (χ3n) is 11.1. The summed E-state index contributed by atoms with van der Waals surface area (Å²) in [4.78, 5) is 115. The number of hydrogen-bond donors (Lipinski definition) is 4. The first-order chi connectivity index (χ1) is 32.0. The van der Waals surface area contributed by atoms with Gasteiger partial charge >= 0.3 is 24.1 Å². The van der Waals surface area contributed by atoms with E-state index in [9.17, 15) is 43.2 Å². The van der Waals surface area contributed by atoms with Gasteiger partial charge in [0, 0.05) is 61.8 Å². The third-order valence-corrected chi connectivity index (χ3v) is 11.1. The highest BCUT2D eigenvalue weighted by Gasteiger charge is 2.49. The lowest BCUT2D eigenvalue weighted by atomic mass is 9.61. The van der Waals surface area contributed by atoms with E-state index < -0.39 is 52.5 Å². The number of nitrogens with two attached hydrogens (primary N) is 1. The van der Waals surface area contributed by atoms with Crippen LogP contribution in [0.5, 0.6) is 0 Å². The Balaban J connectivity index is 1.35. The molecule has 1 saturated carbocycles. The lowest BCUT2D eigenvalue weighted by molar-refractivity contribution is -0.149. The molecule has 4 rings (SSSR count). The Hall–Kier alpha value is -6.91. The monoisotopic (exact) mass is 939 g/mol. The molecule has 68 heavy (non-hydrogen) atoms. The Labute approximate surface area is 397 Å². The lowest BCUT2D eigenvalue weighted by Gasteiger charge is -2.39. The van der Waals surface area contributed by atoms with Crippen LogP contribution in [-0.4, -0.2) is 82.5 Å². The number of carbonyl (C=O) groups excluding carboxylic acids is 9. The minimum absolute atomic E-state index is 0.139. The maximum absolute atomic E-state index is 13.9. The maximum Gasteiger partial charge on any atom is 0.411 e. The summed E-state index contributed by atoms with van der Waals surface area (Å²) in [6.45, 7) is 10.8. The van der Waals surface area contributed by atoms with Crippen LogP contribution >= 0.6 is 0 Å². The Kier molecular flexibility index (Phi) is 19.5. The number of rotatable bonds is 24. The zero-order valence-corrected chi connectivity index (χ0v) is 39.9. The number of carbonyl (C=O) groups is 9. The number of imide groups is 1. The average Bonchev–Trinajstić information content (AvgIpc) is 3.55. The molecule has 0 aromatic heterocycles. The van der Waals surface area contributed by atoms with E-state index in [-0.39, 0.29) is 61.5 Å². The molecular weight excluding hydrogens is 875 g/mol. The van der Waals surface area contributed by atoms with Gasteiger partial charge in [-0.15, -0.1) is 0 Å². The zero-order valence-electron chi connectivity index (χ0n) is 39.9. The van der Waals surface area contributed by atoms with Crippen LogP contribution in [0.25, 0.3) is 12.2 Å². The molecule has 6 amide bonds. The van der Waals surface area contributed by atoms with Crippen molar-refractivity contribution in [3.8, 4) is 0 Å². The van der Waals surface area contributed by atoms with Crippen LogP contribution in [-0.2, 0) is 54.4 Å². The predicted octanol–water partition coefficient (Wildman–Crippen LogP) is 7.72. The second kappa shape index (κ2) is 24.7. The second-order valence-electron chi connectivity index (χ2n) is 18.9. The van der Waals surface area contributed by atoms with Gasteiger partial charge in [-0.2, -0.15) is 0 Å². The number of anilines is 2. The molecule has 2 aromatic carbocycles. The lowest BCUT2D eigenvalue weighted by Crippen LogP contribution is -2.46. The van der Waals surface area contributed by atoms with E-state index >= 15 is 0 Å². The number of urea groups is 1. The van der Waals surface area contributed by atoms with Crippen LogP contribution in [0.1, 0.15) is 129 Å². The smallest absolute Gasteiger partial charge is 0.411 e. The van der Waals surface area contributed by atoms with E-state index in [2.05, 4.69) is 16.0 Å². The van der Waals surface area contributed by atoms with E-state index in [1.807, 2.05) is 0 Å². The van der Waals surface area contributed by atoms with Crippen molar-refractivity contribution in [1.82, 2.24) is 10.2 Å². The van der Waals surface area contributed by atoms with Crippen molar-refractivity contribution in [1.29, 1.82) is 0 Å². The second-order valence-corrected chi connectivity index (χ2v) is 18.9. The number of unbranched alkanes of at least 4 members (excludes halogenated alkanes) is 3. The van der Waals surface area contributed by atoms with Gasteiger partial charge in [0.1, 0.15) is 29.4 Å². The molecule has 1 heterocycles. The van der Waals surface area contributed by atoms with Crippen LogP contribution in [0, 0.1) is 11.3 Å². The molecule has 1 aliphatic heterocycles. The molecule has 2 aliphatic rings. The van der Waals surface area contributed by atoms with E-state index in [1.165, 1.54) is 41.4 Å². The molecule has 1 atom stereocenters. The van der Waals surface area contributed by atoms with Gasteiger partial charge in [-0.3, -0.25) is 34.2 Å². The molecule has 2 aromatic rings. The van der Waals surface area contributed by atoms with Crippen LogP contribution in [0.2, 0.25) is 0 Å². The number of hydrogen-bond acceptors (Lipinski definition) is 12. The van der Waals surface area contributed by atoms with Crippen LogP contribution in [0.15, 0.2) is 66.8 Å². The van der Waals surface area contributed by atoms with Crippen molar-refractivity contribution in [2.24, 2.45) is 17.1 Å². The SMILES string of the molecule is CC(C)(C)OC(=O)/C=C/c1ccc(/C=C/C(=O)OC(C)(C)C)c(NC(=O)OCc2ccc(NC(=O)[C@H](CCCNC(N)=O)CC(=O)C3(C(=O)CCCCCCN4C(=O)C=CC4=O)CCC3)cc2)c1. The zero-order chi connectivity index (χ0) is 50.1. The van der Waals surface area contributed by atoms with Crippen LogP contribution in [0.4, 0.5) is 21.0 Å².